The summed E-state index contributed by atoms with van der Waals surface area (Å²) in [6.45, 7) is 1.62. The van der Waals surface area contributed by atoms with Gasteiger partial charge >= 0.3 is 5.97 Å². The molecule has 0 saturated heterocycles. The zero-order chi connectivity index (χ0) is 14.5. The molecule has 106 valence electrons. The summed E-state index contributed by atoms with van der Waals surface area (Å²) in [7, 11) is 0. The first-order valence-electron chi connectivity index (χ1n) is 7.09. The number of rotatable bonds is 11. The lowest BCUT2D eigenvalue weighted by Crippen LogP contribution is -2.37. The molecular formula is C12H26N4O2. The number of carboxylic acid groups (broad SMARTS) is 1. The predicted octanol–water partition coefficient (Wildman–Crippen LogP) is 0.663. The van der Waals surface area contributed by atoms with Gasteiger partial charge in [-0.2, -0.15) is 0 Å². The second-order valence-corrected chi connectivity index (χ2v) is 4.21. The average Bonchev–Trinajstić information content (AvgIpc) is 2.35. The zero-order valence-corrected chi connectivity index (χ0v) is 10.9. The van der Waals surface area contributed by atoms with Crippen LogP contribution >= 0.6 is 0 Å². The molecule has 0 spiro atoms. The molecule has 6 N–H and O–H groups in total. The van der Waals surface area contributed by atoms with E-state index in [-0.39, 0.29) is 5.96 Å². The summed E-state index contributed by atoms with van der Waals surface area (Å²) < 4.78 is 7.01. The van der Waals surface area contributed by atoms with E-state index < -0.39 is 12.0 Å². The van der Waals surface area contributed by atoms with Gasteiger partial charge in [-0.25, -0.2) is 0 Å². The third-order valence-corrected chi connectivity index (χ3v) is 2.56. The van der Waals surface area contributed by atoms with Crippen LogP contribution in [0.1, 0.15) is 46.8 Å². The standard InChI is InChI=1S/C12H26N4O2/c1-2-3-4-5-8-15-10(11(17)18)7-6-9-16-12(13)14/h10,15H,2-9H2,1H3,(H,17,18)(H4,13,14,16)/t10-/m0/s1/i1D. The molecular weight excluding hydrogens is 232 g/mol. The number of aliphatic imine (C=N–C) groups is 1. The Kier molecular flexibility index (Phi) is 8.88. The van der Waals surface area contributed by atoms with E-state index in [1.165, 1.54) is 0 Å². The van der Waals surface area contributed by atoms with Gasteiger partial charge < -0.3 is 21.9 Å². The van der Waals surface area contributed by atoms with Gasteiger partial charge in [-0.1, -0.05) is 26.2 Å². The van der Waals surface area contributed by atoms with Crippen molar-refractivity contribution in [2.24, 2.45) is 16.5 Å². The van der Waals surface area contributed by atoms with Gasteiger partial charge in [0.2, 0.25) is 0 Å². The van der Waals surface area contributed by atoms with Gasteiger partial charge in [0.05, 0.1) is 0 Å². The molecule has 0 unspecified atom stereocenters. The van der Waals surface area contributed by atoms with Crippen LogP contribution in [0.2, 0.25) is 0 Å². The molecule has 0 fully saturated rings. The third-order valence-electron chi connectivity index (χ3n) is 2.56. The van der Waals surface area contributed by atoms with Gasteiger partial charge in [-0.15, -0.1) is 0 Å². The van der Waals surface area contributed by atoms with Gasteiger partial charge in [0.15, 0.2) is 5.96 Å². The Hall–Kier alpha value is -1.30. The van der Waals surface area contributed by atoms with E-state index in [1.54, 1.807) is 0 Å². The van der Waals surface area contributed by atoms with Crippen LogP contribution in [0.3, 0.4) is 0 Å². The van der Waals surface area contributed by atoms with Gasteiger partial charge in [0.25, 0.3) is 0 Å². The number of unbranched alkanes of at least 4 members (excludes halogenated alkanes) is 3. The van der Waals surface area contributed by atoms with Crippen LogP contribution in [-0.4, -0.2) is 36.2 Å². The Morgan fingerprint density at radius 3 is 2.78 bits per heavy atom. The highest BCUT2D eigenvalue weighted by molar-refractivity contribution is 5.75. The fourth-order valence-electron chi connectivity index (χ4n) is 1.57. The van der Waals surface area contributed by atoms with Crippen LogP contribution in [-0.2, 0) is 4.79 Å². The van der Waals surface area contributed by atoms with Gasteiger partial charge in [0, 0.05) is 7.92 Å². The fourth-order valence-corrected chi connectivity index (χ4v) is 1.57. The summed E-state index contributed by atoms with van der Waals surface area (Å²) in [6.07, 6.45) is 5.08. The Balaban J connectivity index is 3.69. The van der Waals surface area contributed by atoms with Gasteiger partial charge in [-0.05, 0) is 25.8 Å². The first kappa shape index (κ1) is 14.8. The number of carbonyl (C=O) groups is 1. The predicted molar refractivity (Wildman–Crippen MR) is 73.5 cm³/mol. The number of hydrogen-bond donors (Lipinski definition) is 4. The Morgan fingerprint density at radius 1 is 1.39 bits per heavy atom. The fraction of sp³-hybridized carbons (Fsp3) is 0.833. The molecule has 0 aromatic carbocycles. The van der Waals surface area contributed by atoms with E-state index in [0.29, 0.717) is 32.8 Å². The van der Waals surface area contributed by atoms with Crippen molar-refractivity contribution < 1.29 is 11.3 Å². The van der Waals surface area contributed by atoms with E-state index in [1.807, 2.05) is 0 Å². The topological polar surface area (TPSA) is 114 Å². The molecule has 1 atom stereocenters. The first-order chi connectivity index (χ1) is 9.07. The van der Waals surface area contributed by atoms with Gasteiger partial charge in [-0.3, -0.25) is 9.79 Å². The van der Waals surface area contributed by atoms with E-state index in [0.717, 1.165) is 25.7 Å². The maximum Gasteiger partial charge on any atom is 0.320 e. The molecule has 0 saturated carbocycles. The highest BCUT2D eigenvalue weighted by atomic mass is 16.4. The summed E-state index contributed by atoms with van der Waals surface area (Å²) in [6, 6.07) is -0.537. The Bertz CT molecular complexity index is 270. The number of carboxylic acids is 1. The Labute approximate surface area is 110 Å². The highest BCUT2D eigenvalue weighted by Crippen LogP contribution is 2.01. The molecule has 0 aliphatic heterocycles. The van der Waals surface area contributed by atoms with E-state index in [4.69, 9.17) is 17.9 Å². The summed E-state index contributed by atoms with van der Waals surface area (Å²) in [4.78, 5) is 14.8. The van der Waals surface area contributed by atoms with E-state index >= 15 is 0 Å². The van der Waals surface area contributed by atoms with Crippen molar-refractivity contribution >= 4 is 11.9 Å². The summed E-state index contributed by atoms with van der Waals surface area (Å²) in [5.41, 5.74) is 10.4. The lowest BCUT2D eigenvalue weighted by molar-refractivity contribution is -0.139. The minimum atomic E-state index is -0.837. The highest BCUT2D eigenvalue weighted by Gasteiger charge is 2.15. The van der Waals surface area contributed by atoms with Crippen LogP contribution < -0.4 is 16.8 Å². The normalized spacial score (nSPS) is 12.8. The van der Waals surface area contributed by atoms with Crippen molar-refractivity contribution in [3.63, 3.8) is 0 Å². The number of hydrogen-bond acceptors (Lipinski definition) is 3. The average molecular weight is 259 g/mol. The third kappa shape index (κ3) is 9.89. The minimum absolute atomic E-state index is 0.0363. The quantitative estimate of drug-likeness (QED) is 0.247. The zero-order valence-electron chi connectivity index (χ0n) is 11.9. The van der Waals surface area contributed by atoms with E-state index in [2.05, 4.69) is 10.3 Å². The SMILES string of the molecule is [2H]CCCCCCN[C@@H](CCCN=C(N)N)C(=O)O. The number of guanidine groups is 1. The maximum absolute atomic E-state index is 11.0. The van der Waals surface area contributed by atoms with Crippen LogP contribution in [0.4, 0.5) is 0 Å². The van der Waals surface area contributed by atoms with Crippen LogP contribution in [0.5, 0.6) is 0 Å². The second kappa shape index (κ2) is 10.8. The molecule has 18 heavy (non-hydrogen) atoms. The summed E-state index contributed by atoms with van der Waals surface area (Å²) in [5.74, 6) is -0.801. The lowest BCUT2D eigenvalue weighted by atomic mass is 10.1. The van der Waals surface area contributed by atoms with E-state index in [9.17, 15) is 4.79 Å². The molecule has 0 bridgehead atoms. The largest absolute Gasteiger partial charge is 0.480 e. The maximum atomic E-state index is 11.0. The van der Waals surface area contributed by atoms with Crippen molar-refractivity contribution in [2.45, 2.75) is 51.5 Å². The molecule has 0 aromatic rings. The molecule has 0 amide bonds. The number of aliphatic carboxylic acids is 1. The van der Waals surface area contributed by atoms with Crippen molar-refractivity contribution in [1.82, 2.24) is 5.32 Å². The van der Waals surface area contributed by atoms with Crippen molar-refractivity contribution in [3.05, 3.63) is 0 Å². The molecule has 6 heteroatoms. The van der Waals surface area contributed by atoms with Crippen LogP contribution in [0.25, 0.3) is 0 Å². The number of nitrogens with zero attached hydrogens (tertiary/aromatic N) is 1. The van der Waals surface area contributed by atoms with Crippen molar-refractivity contribution in [3.8, 4) is 0 Å². The van der Waals surface area contributed by atoms with Gasteiger partial charge in [0.1, 0.15) is 6.04 Å². The number of nitrogens with one attached hydrogen (secondary N) is 1. The summed E-state index contributed by atoms with van der Waals surface area (Å²) >= 11 is 0. The second-order valence-electron chi connectivity index (χ2n) is 4.21. The van der Waals surface area contributed by atoms with Crippen LogP contribution in [0, 0.1) is 0 Å². The smallest absolute Gasteiger partial charge is 0.320 e. The van der Waals surface area contributed by atoms with Crippen molar-refractivity contribution in [1.29, 1.82) is 0 Å². The molecule has 0 rings (SSSR count). The summed E-state index contributed by atoms with van der Waals surface area (Å²) in [5, 5.41) is 12.1. The monoisotopic (exact) mass is 259 g/mol. The molecule has 0 radical (unpaired) electrons. The van der Waals surface area contributed by atoms with Crippen molar-refractivity contribution in [2.75, 3.05) is 13.1 Å². The molecule has 0 aromatic heterocycles. The lowest BCUT2D eigenvalue weighted by Gasteiger charge is -2.13. The molecule has 0 aliphatic rings. The minimum Gasteiger partial charge on any atom is -0.480 e. The van der Waals surface area contributed by atoms with Crippen LogP contribution in [0.15, 0.2) is 4.99 Å². The first-order valence-corrected chi connectivity index (χ1v) is 6.38. The Morgan fingerprint density at radius 2 is 2.17 bits per heavy atom. The molecule has 6 nitrogen and oxygen atoms in total. The molecule has 0 heterocycles. The number of nitrogens with two attached hydrogens (primary N) is 2. The molecule has 0 aliphatic carbocycles.